The van der Waals surface area contributed by atoms with Crippen molar-refractivity contribution in [1.29, 1.82) is 0 Å². The zero-order valence-corrected chi connectivity index (χ0v) is 20.5. The van der Waals surface area contributed by atoms with E-state index in [0.717, 1.165) is 64.0 Å². The number of likely N-dealkylation sites (tertiary alicyclic amines) is 3. The summed E-state index contributed by atoms with van der Waals surface area (Å²) in [4.78, 5) is 9.46. The Kier molecular flexibility index (Phi) is 7.71. The Morgan fingerprint density at radius 2 is 1.38 bits per heavy atom. The molecule has 0 bridgehead atoms. The first-order valence-electron chi connectivity index (χ1n) is 13.6. The first-order chi connectivity index (χ1) is 16.5. The third-order valence-corrected chi connectivity index (χ3v) is 8.66. The highest BCUT2D eigenvalue weighted by Gasteiger charge is 2.36. The summed E-state index contributed by atoms with van der Waals surface area (Å²) in [5, 5.41) is 0. The molecule has 190 valence electrons. The maximum Gasteiger partial charge on any atom is 0.418 e. The van der Waals surface area contributed by atoms with Crippen molar-refractivity contribution >= 4 is 5.69 Å². The van der Waals surface area contributed by atoms with E-state index in [1.54, 1.807) is 6.07 Å². The Labute approximate surface area is 203 Å². The number of anilines is 1. The molecule has 0 aliphatic carbocycles. The summed E-state index contributed by atoms with van der Waals surface area (Å²) in [6.07, 6.45) is 5.12. The van der Waals surface area contributed by atoms with Crippen LogP contribution < -0.4 is 4.90 Å². The average Bonchev–Trinajstić information content (AvgIpc) is 3.54. The molecule has 4 nitrogen and oxygen atoms in total. The minimum atomic E-state index is -4.32. The van der Waals surface area contributed by atoms with E-state index in [-0.39, 0.29) is 0 Å². The van der Waals surface area contributed by atoms with Crippen molar-refractivity contribution in [2.75, 3.05) is 63.8 Å². The third-order valence-electron chi connectivity index (χ3n) is 8.66. The van der Waals surface area contributed by atoms with E-state index in [1.165, 1.54) is 57.9 Å². The Morgan fingerprint density at radius 3 is 2.03 bits per heavy atom. The number of hydrogen-bond acceptors (Lipinski definition) is 4. The van der Waals surface area contributed by atoms with E-state index in [2.05, 4.69) is 14.7 Å². The second-order valence-electron chi connectivity index (χ2n) is 11.0. The summed E-state index contributed by atoms with van der Waals surface area (Å²) in [6, 6.07) is 5.78. The van der Waals surface area contributed by atoms with E-state index >= 15 is 0 Å². The molecule has 0 N–H and O–H groups in total. The number of rotatable bonds is 6. The highest BCUT2D eigenvalue weighted by Crippen LogP contribution is 2.39. The molecular formula is C27H41F3N4. The van der Waals surface area contributed by atoms with Crippen molar-refractivity contribution in [2.24, 2.45) is 5.92 Å². The molecule has 4 saturated heterocycles. The van der Waals surface area contributed by atoms with Crippen LogP contribution in [0.4, 0.5) is 18.9 Å². The van der Waals surface area contributed by atoms with Gasteiger partial charge in [-0.15, -0.1) is 0 Å². The molecule has 4 fully saturated rings. The SMILES string of the molecule is FC(F)(F)c1cc(CN2CCC(N3CCCC3)CC2)ccc1N1CCC(CN2CCCC2)CC1. The maximum atomic E-state index is 14.1. The van der Waals surface area contributed by atoms with E-state index in [4.69, 9.17) is 0 Å². The monoisotopic (exact) mass is 478 g/mol. The zero-order chi connectivity index (χ0) is 23.5. The van der Waals surface area contributed by atoms with Gasteiger partial charge in [-0.2, -0.15) is 13.2 Å². The van der Waals surface area contributed by atoms with Gasteiger partial charge in [0.05, 0.1) is 5.56 Å². The summed E-state index contributed by atoms with van der Waals surface area (Å²) >= 11 is 0. The molecule has 0 aromatic heterocycles. The van der Waals surface area contributed by atoms with Gasteiger partial charge in [0.25, 0.3) is 0 Å². The lowest BCUT2D eigenvalue weighted by Gasteiger charge is -2.37. The second-order valence-corrected chi connectivity index (χ2v) is 11.0. The maximum absolute atomic E-state index is 14.1. The minimum absolute atomic E-state index is 0.378. The molecule has 0 atom stereocenters. The van der Waals surface area contributed by atoms with Crippen molar-refractivity contribution in [1.82, 2.24) is 14.7 Å². The van der Waals surface area contributed by atoms with Crippen LogP contribution in [0.25, 0.3) is 0 Å². The molecule has 4 heterocycles. The molecule has 4 aliphatic rings. The van der Waals surface area contributed by atoms with Crippen molar-refractivity contribution in [3.8, 4) is 0 Å². The van der Waals surface area contributed by atoms with Gasteiger partial charge in [0.1, 0.15) is 0 Å². The zero-order valence-electron chi connectivity index (χ0n) is 20.5. The lowest BCUT2D eigenvalue weighted by molar-refractivity contribution is -0.137. The molecule has 34 heavy (non-hydrogen) atoms. The van der Waals surface area contributed by atoms with Crippen LogP contribution in [0.5, 0.6) is 0 Å². The summed E-state index contributed by atoms with van der Waals surface area (Å²) in [7, 11) is 0. The Bertz CT molecular complexity index is 786. The van der Waals surface area contributed by atoms with Gasteiger partial charge in [0.2, 0.25) is 0 Å². The second kappa shape index (κ2) is 10.8. The largest absolute Gasteiger partial charge is 0.418 e. The highest BCUT2D eigenvalue weighted by molar-refractivity contribution is 5.56. The van der Waals surface area contributed by atoms with Crippen LogP contribution in [0.3, 0.4) is 0 Å². The van der Waals surface area contributed by atoms with Crippen LogP contribution in [-0.4, -0.2) is 79.6 Å². The minimum Gasteiger partial charge on any atom is -0.371 e. The van der Waals surface area contributed by atoms with Crippen LogP contribution in [-0.2, 0) is 12.7 Å². The van der Waals surface area contributed by atoms with Crippen LogP contribution in [0, 0.1) is 5.92 Å². The number of hydrogen-bond donors (Lipinski definition) is 0. The smallest absolute Gasteiger partial charge is 0.371 e. The van der Waals surface area contributed by atoms with Gasteiger partial charge in [-0.1, -0.05) is 6.07 Å². The predicted octanol–water partition coefficient (Wildman–Crippen LogP) is 5.08. The fraction of sp³-hybridized carbons (Fsp3) is 0.778. The number of benzene rings is 1. The van der Waals surface area contributed by atoms with E-state index < -0.39 is 11.7 Å². The fourth-order valence-corrected chi connectivity index (χ4v) is 6.68. The van der Waals surface area contributed by atoms with Crippen LogP contribution in [0.2, 0.25) is 0 Å². The van der Waals surface area contributed by atoms with E-state index in [0.29, 0.717) is 24.2 Å². The molecule has 1 aromatic rings. The Morgan fingerprint density at radius 1 is 0.735 bits per heavy atom. The standard InChI is InChI=1S/C27H41F3N4/c28-27(29,30)25-19-23(21-32-15-9-24(10-16-32)33-13-3-4-14-33)5-6-26(25)34-17-7-22(8-18-34)20-31-11-1-2-12-31/h5-6,19,22,24H,1-4,7-18,20-21H2. The lowest BCUT2D eigenvalue weighted by Crippen LogP contribution is -2.43. The molecule has 0 spiro atoms. The van der Waals surface area contributed by atoms with Crippen molar-refractivity contribution in [3.63, 3.8) is 0 Å². The van der Waals surface area contributed by atoms with Crippen LogP contribution >= 0.6 is 0 Å². The van der Waals surface area contributed by atoms with Crippen molar-refractivity contribution in [3.05, 3.63) is 29.3 Å². The third kappa shape index (κ3) is 5.90. The number of halogens is 3. The van der Waals surface area contributed by atoms with Crippen molar-refractivity contribution < 1.29 is 13.2 Å². The summed E-state index contributed by atoms with van der Waals surface area (Å²) in [6.45, 7) is 9.97. The molecular weight excluding hydrogens is 437 g/mol. The van der Waals surface area contributed by atoms with Crippen LogP contribution in [0.15, 0.2) is 18.2 Å². The quantitative estimate of drug-likeness (QED) is 0.565. The van der Waals surface area contributed by atoms with E-state index in [9.17, 15) is 13.2 Å². The first kappa shape index (κ1) is 24.4. The number of alkyl halides is 3. The normalized spacial score (nSPS) is 25.0. The number of piperidine rings is 2. The molecule has 1 aromatic carbocycles. The topological polar surface area (TPSA) is 13.0 Å². The molecule has 5 rings (SSSR count). The molecule has 0 saturated carbocycles. The van der Waals surface area contributed by atoms with Crippen molar-refractivity contribution in [2.45, 2.75) is 70.1 Å². The van der Waals surface area contributed by atoms with Gasteiger partial charge in [0, 0.05) is 37.9 Å². The Balaban J connectivity index is 1.19. The number of nitrogens with zero attached hydrogens (tertiary/aromatic N) is 4. The molecule has 4 aliphatic heterocycles. The van der Waals surface area contributed by atoms with Gasteiger partial charge in [-0.25, -0.2) is 0 Å². The fourth-order valence-electron chi connectivity index (χ4n) is 6.68. The Hall–Kier alpha value is -1.31. The molecule has 7 heteroatoms. The summed E-state index contributed by atoms with van der Waals surface area (Å²) < 4.78 is 42.2. The van der Waals surface area contributed by atoms with Crippen LogP contribution in [0.1, 0.15) is 62.5 Å². The summed E-state index contributed by atoms with van der Waals surface area (Å²) in [5.41, 5.74) is 0.721. The average molecular weight is 479 g/mol. The highest BCUT2D eigenvalue weighted by atomic mass is 19.4. The first-order valence-corrected chi connectivity index (χ1v) is 13.6. The molecule has 0 amide bonds. The molecule has 0 unspecified atom stereocenters. The van der Waals surface area contributed by atoms with Gasteiger partial charge < -0.3 is 14.7 Å². The van der Waals surface area contributed by atoms with Gasteiger partial charge >= 0.3 is 6.18 Å². The summed E-state index contributed by atoms with van der Waals surface area (Å²) in [5.74, 6) is 0.617. The predicted molar refractivity (Wildman–Crippen MR) is 131 cm³/mol. The lowest BCUT2D eigenvalue weighted by atomic mass is 9.95. The molecule has 0 radical (unpaired) electrons. The van der Waals surface area contributed by atoms with Gasteiger partial charge in [0.15, 0.2) is 0 Å². The van der Waals surface area contributed by atoms with Gasteiger partial charge in [-0.05, 0) is 114 Å². The van der Waals surface area contributed by atoms with Gasteiger partial charge in [-0.3, -0.25) is 4.90 Å². The van der Waals surface area contributed by atoms with E-state index in [1.807, 2.05) is 11.0 Å².